The second-order valence-electron chi connectivity index (χ2n) is 4.84. The van der Waals surface area contributed by atoms with Crippen molar-refractivity contribution in [1.29, 1.82) is 0 Å². The number of amides is 1. The number of nitrogens with one attached hydrogen (secondary N) is 1. The van der Waals surface area contributed by atoms with Gasteiger partial charge in [0.2, 0.25) is 5.91 Å². The van der Waals surface area contributed by atoms with Crippen LogP contribution in [0.15, 0.2) is 42.6 Å². The first kappa shape index (κ1) is 15.3. The molecule has 3 aromatic rings. The van der Waals surface area contributed by atoms with Crippen LogP contribution in [0.2, 0.25) is 5.02 Å². The Balaban J connectivity index is 2.21. The van der Waals surface area contributed by atoms with E-state index >= 15 is 0 Å². The van der Waals surface area contributed by atoms with Crippen molar-refractivity contribution in [3.63, 3.8) is 0 Å². The molecular formula is C16H13ClIN3O. The lowest BCUT2D eigenvalue weighted by molar-refractivity contribution is -0.120. The number of halogens is 2. The Kier molecular flexibility index (Phi) is 4.35. The molecule has 112 valence electrons. The first-order valence-corrected chi connectivity index (χ1v) is 8.17. The summed E-state index contributed by atoms with van der Waals surface area (Å²) in [6.45, 7) is 0. The van der Waals surface area contributed by atoms with Gasteiger partial charge in [-0.1, -0.05) is 23.7 Å². The molecule has 0 aliphatic heterocycles. The summed E-state index contributed by atoms with van der Waals surface area (Å²) in [5, 5.41) is 3.26. The largest absolute Gasteiger partial charge is 0.359 e. The number of imidazole rings is 1. The fourth-order valence-corrected chi connectivity index (χ4v) is 2.84. The van der Waals surface area contributed by atoms with E-state index in [2.05, 4.69) is 32.9 Å². The van der Waals surface area contributed by atoms with Gasteiger partial charge in [0.15, 0.2) is 0 Å². The fourth-order valence-electron chi connectivity index (χ4n) is 2.32. The van der Waals surface area contributed by atoms with Crippen LogP contribution in [0.25, 0.3) is 16.9 Å². The van der Waals surface area contributed by atoms with Gasteiger partial charge in [-0.15, -0.1) is 0 Å². The lowest BCUT2D eigenvalue weighted by Crippen LogP contribution is -2.21. The number of hydrogen-bond donors (Lipinski definition) is 1. The smallest absolute Gasteiger partial charge is 0.225 e. The van der Waals surface area contributed by atoms with Crippen molar-refractivity contribution in [2.45, 2.75) is 6.42 Å². The van der Waals surface area contributed by atoms with E-state index in [4.69, 9.17) is 11.6 Å². The summed E-state index contributed by atoms with van der Waals surface area (Å²) >= 11 is 8.35. The summed E-state index contributed by atoms with van der Waals surface area (Å²) in [5.74, 6) is -0.0615. The maximum Gasteiger partial charge on any atom is 0.225 e. The molecule has 0 spiro atoms. The maximum absolute atomic E-state index is 11.9. The minimum absolute atomic E-state index is 0.0615. The van der Waals surface area contributed by atoms with Crippen LogP contribution in [-0.4, -0.2) is 22.3 Å². The molecule has 2 heterocycles. The molecule has 22 heavy (non-hydrogen) atoms. The van der Waals surface area contributed by atoms with E-state index in [9.17, 15) is 4.79 Å². The predicted octanol–water partition coefficient (Wildman–Crippen LogP) is 3.55. The van der Waals surface area contributed by atoms with Crippen LogP contribution < -0.4 is 5.32 Å². The molecular weight excluding hydrogens is 413 g/mol. The zero-order chi connectivity index (χ0) is 15.7. The number of hydrogen-bond acceptors (Lipinski definition) is 2. The molecule has 0 fully saturated rings. The van der Waals surface area contributed by atoms with E-state index < -0.39 is 0 Å². The van der Waals surface area contributed by atoms with Crippen LogP contribution in [0.3, 0.4) is 0 Å². The minimum Gasteiger partial charge on any atom is -0.359 e. The molecule has 0 radical (unpaired) electrons. The Morgan fingerprint density at radius 3 is 2.68 bits per heavy atom. The molecule has 0 unspecified atom stereocenters. The standard InChI is InChI=1S/C16H13ClIN3O/c1-19-15(22)8-13-16(10-2-5-12(18)6-3-10)20-14-7-4-11(17)9-21(13)14/h2-7,9H,8H2,1H3,(H,19,22). The number of rotatable bonds is 3. The van der Waals surface area contributed by atoms with Crippen LogP contribution in [0.1, 0.15) is 5.69 Å². The second kappa shape index (κ2) is 6.26. The van der Waals surface area contributed by atoms with Gasteiger partial charge in [-0.05, 0) is 46.9 Å². The summed E-state index contributed by atoms with van der Waals surface area (Å²) in [7, 11) is 1.63. The monoisotopic (exact) mass is 425 g/mol. The van der Waals surface area contributed by atoms with Gasteiger partial charge >= 0.3 is 0 Å². The van der Waals surface area contributed by atoms with Crippen LogP contribution in [0.4, 0.5) is 0 Å². The summed E-state index contributed by atoms with van der Waals surface area (Å²) in [6, 6.07) is 11.7. The van der Waals surface area contributed by atoms with Gasteiger partial charge in [-0.3, -0.25) is 4.79 Å². The lowest BCUT2D eigenvalue weighted by atomic mass is 10.1. The van der Waals surface area contributed by atoms with Crippen molar-refractivity contribution >= 4 is 45.7 Å². The average Bonchev–Trinajstić information content (AvgIpc) is 2.86. The molecule has 6 heteroatoms. The number of carbonyl (C=O) groups is 1. The maximum atomic E-state index is 11.9. The average molecular weight is 426 g/mol. The predicted molar refractivity (Wildman–Crippen MR) is 96.1 cm³/mol. The van der Waals surface area contributed by atoms with Crippen LogP contribution in [-0.2, 0) is 11.2 Å². The van der Waals surface area contributed by atoms with E-state index in [-0.39, 0.29) is 12.3 Å². The molecule has 1 amide bonds. The van der Waals surface area contributed by atoms with E-state index in [0.29, 0.717) is 5.02 Å². The number of pyridine rings is 1. The van der Waals surface area contributed by atoms with E-state index in [1.807, 2.05) is 34.7 Å². The molecule has 0 bridgehead atoms. The van der Waals surface area contributed by atoms with Gasteiger partial charge in [-0.2, -0.15) is 0 Å². The zero-order valence-electron chi connectivity index (χ0n) is 11.8. The molecule has 0 aliphatic carbocycles. The fraction of sp³-hybridized carbons (Fsp3) is 0.125. The number of aromatic nitrogens is 2. The number of carbonyl (C=O) groups excluding carboxylic acids is 1. The number of benzene rings is 1. The van der Waals surface area contributed by atoms with Gasteiger partial charge in [0.25, 0.3) is 0 Å². The third-order valence-corrected chi connectivity index (χ3v) is 4.35. The Morgan fingerprint density at radius 2 is 2.00 bits per heavy atom. The highest BCUT2D eigenvalue weighted by Gasteiger charge is 2.16. The van der Waals surface area contributed by atoms with Crippen molar-refractivity contribution in [3.05, 3.63) is 56.9 Å². The van der Waals surface area contributed by atoms with Crippen molar-refractivity contribution in [1.82, 2.24) is 14.7 Å². The van der Waals surface area contributed by atoms with Gasteiger partial charge in [0.05, 0.1) is 22.8 Å². The summed E-state index contributed by atoms with van der Waals surface area (Å²) in [4.78, 5) is 16.5. The van der Waals surface area contributed by atoms with Crippen molar-refractivity contribution in [2.75, 3.05) is 7.05 Å². The Morgan fingerprint density at radius 1 is 1.27 bits per heavy atom. The van der Waals surface area contributed by atoms with E-state index in [0.717, 1.165) is 26.2 Å². The lowest BCUT2D eigenvalue weighted by Gasteiger charge is -2.05. The molecule has 4 nitrogen and oxygen atoms in total. The quantitative estimate of drug-likeness (QED) is 0.653. The second-order valence-corrected chi connectivity index (χ2v) is 6.52. The number of likely N-dealkylation sites (N-methyl/N-ethyl adjacent to an activating group) is 1. The molecule has 0 saturated heterocycles. The van der Waals surface area contributed by atoms with Gasteiger partial charge in [0, 0.05) is 22.4 Å². The third kappa shape index (κ3) is 2.96. The normalized spacial score (nSPS) is 10.9. The first-order valence-electron chi connectivity index (χ1n) is 6.71. The van der Waals surface area contributed by atoms with Crippen LogP contribution in [0.5, 0.6) is 0 Å². The van der Waals surface area contributed by atoms with Crippen LogP contribution in [0, 0.1) is 3.57 Å². The summed E-state index contributed by atoms with van der Waals surface area (Å²) in [5.41, 5.74) is 3.40. The molecule has 0 aliphatic rings. The van der Waals surface area contributed by atoms with E-state index in [1.165, 1.54) is 0 Å². The molecule has 2 aromatic heterocycles. The molecule has 1 aromatic carbocycles. The van der Waals surface area contributed by atoms with Gasteiger partial charge in [0.1, 0.15) is 5.65 Å². The van der Waals surface area contributed by atoms with Gasteiger partial charge < -0.3 is 9.72 Å². The van der Waals surface area contributed by atoms with Crippen molar-refractivity contribution < 1.29 is 4.79 Å². The number of fused-ring (bicyclic) bond motifs is 1. The van der Waals surface area contributed by atoms with E-state index in [1.54, 1.807) is 19.3 Å². The molecule has 3 rings (SSSR count). The minimum atomic E-state index is -0.0615. The summed E-state index contributed by atoms with van der Waals surface area (Å²) < 4.78 is 3.03. The molecule has 0 atom stereocenters. The Bertz CT molecular complexity index is 842. The molecule has 1 N–H and O–H groups in total. The summed E-state index contributed by atoms with van der Waals surface area (Å²) in [6.07, 6.45) is 2.04. The van der Waals surface area contributed by atoms with Crippen molar-refractivity contribution in [3.8, 4) is 11.3 Å². The first-order chi connectivity index (χ1) is 10.6. The third-order valence-electron chi connectivity index (χ3n) is 3.41. The Labute approximate surface area is 146 Å². The zero-order valence-corrected chi connectivity index (χ0v) is 14.7. The highest BCUT2D eigenvalue weighted by atomic mass is 127. The number of nitrogens with zero attached hydrogens (tertiary/aromatic N) is 2. The Hall–Kier alpha value is -1.60. The SMILES string of the molecule is CNC(=O)Cc1c(-c2ccc(I)cc2)nc2ccc(Cl)cn12. The topological polar surface area (TPSA) is 46.4 Å². The highest BCUT2D eigenvalue weighted by molar-refractivity contribution is 14.1. The molecule has 0 saturated carbocycles. The van der Waals surface area contributed by atoms with Crippen LogP contribution >= 0.6 is 34.2 Å². The van der Waals surface area contributed by atoms with Crippen molar-refractivity contribution in [2.24, 2.45) is 0 Å². The highest BCUT2D eigenvalue weighted by Crippen LogP contribution is 2.26. The van der Waals surface area contributed by atoms with Gasteiger partial charge in [-0.25, -0.2) is 4.98 Å².